The predicted molar refractivity (Wildman–Crippen MR) is 54.0 cm³/mol. The van der Waals surface area contributed by atoms with Gasteiger partial charge in [-0.05, 0) is 6.92 Å². The van der Waals surface area contributed by atoms with Gasteiger partial charge in [-0.25, -0.2) is 0 Å². The molecular weight excluding hydrogens is 201 g/mol. The van der Waals surface area contributed by atoms with Crippen LogP contribution in [0.3, 0.4) is 0 Å². The minimum atomic E-state index is -0.694. The first kappa shape index (κ1) is 11.3. The lowest BCUT2D eigenvalue weighted by Crippen LogP contribution is -2.05. The van der Waals surface area contributed by atoms with E-state index in [2.05, 4.69) is 0 Å². The quantitative estimate of drug-likeness (QED) is 0.611. The standard InChI is InChI=1S/C10H12FNO3/c1-5-6(4-13)8(12)10(15-3)7(11)9(5)14-2/h4H,12H2,1-3H3. The topological polar surface area (TPSA) is 61.5 Å². The third kappa shape index (κ3) is 1.60. The molecule has 0 heterocycles. The third-order valence-electron chi connectivity index (χ3n) is 2.20. The molecule has 0 aliphatic carbocycles. The van der Waals surface area contributed by atoms with Gasteiger partial charge in [-0.2, -0.15) is 4.39 Å². The van der Waals surface area contributed by atoms with E-state index in [0.29, 0.717) is 11.8 Å². The summed E-state index contributed by atoms with van der Waals surface area (Å²) in [4.78, 5) is 10.8. The summed E-state index contributed by atoms with van der Waals surface area (Å²) in [6.07, 6.45) is 0.551. The number of anilines is 1. The van der Waals surface area contributed by atoms with Gasteiger partial charge in [0.25, 0.3) is 0 Å². The number of nitrogen functional groups attached to an aromatic ring is 1. The van der Waals surface area contributed by atoms with Gasteiger partial charge in [-0.1, -0.05) is 0 Å². The molecule has 4 nitrogen and oxygen atoms in total. The van der Waals surface area contributed by atoms with Gasteiger partial charge in [0, 0.05) is 11.1 Å². The molecule has 1 aromatic carbocycles. The molecule has 0 saturated heterocycles. The second kappa shape index (κ2) is 4.16. The van der Waals surface area contributed by atoms with Gasteiger partial charge in [-0.15, -0.1) is 0 Å². The van der Waals surface area contributed by atoms with E-state index in [1.54, 1.807) is 6.92 Å². The largest absolute Gasteiger partial charge is 0.493 e. The Hall–Kier alpha value is -1.78. The molecule has 0 saturated carbocycles. The van der Waals surface area contributed by atoms with E-state index in [-0.39, 0.29) is 22.7 Å². The molecule has 0 unspecified atom stereocenters. The zero-order valence-corrected chi connectivity index (χ0v) is 8.76. The van der Waals surface area contributed by atoms with E-state index in [1.807, 2.05) is 0 Å². The molecular formula is C10H12FNO3. The van der Waals surface area contributed by atoms with Crippen LogP contribution in [0.5, 0.6) is 11.5 Å². The number of hydrogen-bond acceptors (Lipinski definition) is 4. The van der Waals surface area contributed by atoms with Crippen molar-refractivity contribution in [3.05, 3.63) is 16.9 Å². The number of carbonyl (C=O) groups is 1. The number of benzene rings is 1. The number of ether oxygens (including phenoxy) is 2. The number of nitrogens with two attached hydrogens (primary N) is 1. The number of aldehydes is 1. The summed E-state index contributed by atoms with van der Waals surface area (Å²) < 4.78 is 23.3. The van der Waals surface area contributed by atoms with Crippen molar-refractivity contribution in [2.24, 2.45) is 0 Å². The first-order valence-corrected chi connectivity index (χ1v) is 4.23. The average Bonchev–Trinajstić information content (AvgIpc) is 2.19. The Bertz CT molecular complexity index is 373. The maximum absolute atomic E-state index is 13.7. The second-order valence-electron chi connectivity index (χ2n) is 2.95. The number of hydrogen-bond donors (Lipinski definition) is 1. The SMILES string of the molecule is COc1c(C)c(C=O)c(N)c(OC)c1F. The average molecular weight is 213 g/mol. The zero-order valence-electron chi connectivity index (χ0n) is 8.76. The highest BCUT2D eigenvalue weighted by Gasteiger charge is 2.21. The molecule has 0 amide bonds. The Kier molecular flexibility index (Phi) is 3.14. The summed E-state index contributed by atoms with van der Waals surface area (Å²) in [6.45, 7) is 1.56. The molecule has 0 fully saturated rings. The fraction of sp³-hybridized carbons (Fsp3) is 0.300. The van der Waals surface area contributed by atoms with Crippen molar-refractivity contribution >= 4 is 12.0 Å². The molecule has 0 aliphatic heterocycles. The monoisotopic (exact) mass is 213 g/mol. The molecule has 0 aromatic heterocycles. The Morgan fingerprint density at radius 3 is 2.20 bits per heavy atom. The van der Waals surface area contributed by atoms with Gasteiger partial charge >= 0.3 is 0 Å². The van der Waals surface area contributed by atoms with Crippen molar-refractivity contribution < 1.29 is 18.7 Å². The summed E-state index contributed by atoms with van der Waals surface area (Å²) in [7, 11) is 2.59. The Labute approximate surface area is 86.8 Å². The van der Waals surface area contributed by atoms with Crippen molar-refractivity contribution in [3.8, 4) is 11.5 Å². The maximum Gasteiger partial charge on any atom is 0.209 e. The van der Waals surface area contributed by atoms with Crippen LogP contribution in [0.1, 0.15) is 15.9 Å². The summed E-state index contributed by atoms with van der Waals surface area (Å²) >= 11 is 0. The number of halogens is 1. The van der Waals surface area contributed by atoms with Crippen molar-refractivity contribution in [3.63, 3.8) is 0 Å². The van der Waals surface area contributed by atoms with Gasteiger partial charge < -0.3 is 15.2 Å². The van der Waals surface area contributed by atoms with Gasteiger partial charge in [0.1, 0.15) is 0 Å². The van der Waals surface area contributed by atoms with Crippen LogP contribution >= 0.6 is 0 Å². The lowest BCUT2D eigenvalue weighted by atomic mass is 10.1. The van der Waals surface area contributed by atoms with Gasteiger partial charge in [-0.3, -0.25) is 4.79 Å². The number of rotatable bonds is 3. The van der Waals surface area contributed by atoms with Crippen LogP contribution in [0, 0.1) is 12.7 Å². The van der Waals surface area contributed by atoms with Crippen molar-refractivity contribution in [1.29, 1.82) is 0 Å². The van der Waals surface area contributed by atoms with Crippen molar-refractivity contribution in [2.75, 3.05) is 20.0 Å². The van der Waals surface area contributed by atoms with E-state index in [0.717, 1.165) is 0 Å². The zero-order chi connectivity index (χ0) is 11.6. The van der Waals surface area contributed by atoms with Crippen LogP contribution in [0.4, 0.5) is 10.1 Å². The fourth-order valence-corrected chi connectivity index (χ4v) is 1.43. The summed E-state index contributed by atoms with van der Waals surface area (Å²) in [5.41, 5.74) is 6.12. The minimum absolute atomic E-state index is 0.0108. The molecule has 1 aromatic rings. The predicted octanol–water partition coefficient (Wildman–Crippen LogP) is 1.55. The molecule has 0 radical (unpaired) electrons. The molecule has 82 valence electrons. The Morgan fingerprint density at radius 2 is 1.80 bits per heavy atom. The number of methoxy groups -OCH3 is 2. The highest BCUT2D eigenvalue weighted by molar-refractivity contribution is 5.89. The molecule has 15 heavy (non-hydrogen) atoms. The second-order valence-corrected chi connectivity index (χ2v) is 2.95. The Balaban J connectivity index is 3.64. The van der Waals surface area contributed by atoms with Gasteiger partial charge in [0.05, 0.1) is 19.9 Å². The van der Waals surface area contributed by atoms with E-state index in [4.69, 9.17) is 15.2 Å². The van der Waals surface area contributed by atoms with Crippen LogP contribution < -0.4 is 15.2 Å². The molecule has 0 spiro atoms. The highest BCUT2D eigenvalue weighted by Crippen LogP contribution is 2.38. The fourth-order valence-electron chi connectivity index (χ4n) is 1.43. The molecule has 5 heteroatoms. The Morgan fingerprint density at radius 1 is 1.27 bits per heavy atom. The van der Waals surface area contributed by atoms with Crippen LogP contribution in [0.15, 0.2) is 0 Å². The molecule has 1 rings (SSSR count). The smallest absolute Gasteiger partial charge is 0.209 e. The highest BCUT2D eigenvalue weighted by atomic mass is 19.1. The number of carbonyl (C=O) groups excluding carboxylic acids is 1. The van der Waals surface area contributed by atoms with Crippen LogP contribution in [-0.4, -0.2) is 20.5 Å². The minimum Gasteiger partial charge on any atom is -0.493 e. The first-order chi connectivity index (χ1) is 7.08. The van der Waals surface area contributed by atoms with Gasteiger partial charge in [0.2, 0.25) is 5.82 Å². The molecule has 2 N–H and O–H groups in total. The van der Waals surface area contributed by atoms with Crippen LogP contribution in [0.2, 0.25) is 0 Å². The van der Waals surface area contributed by atoms with Crippen LogP contribution in [-0.2, 0) is 0 Å². The van der Waals surface area contributed by atoms with Crippen LogP contribution in [0.25, 0.3) is 0 Å². The van der Waals surface area contributed by atoms with E-state index in [9.17, 15) is 9.18 Å². The van der Waals surface area contributed by atoms with Gasteiger partial charge in [0.15, 0.2) is 17.8 Å². The summed E-state index contributed by atoms with van der Waals surface area (Å²) in [6, 6.07) is 0. The third-order valence-corrected chi connectivity index (χ3v) is 2.20. The van der Waals surface area contributed by atoms with E-state index >= 15 is 0 Å². The first-order valence-electron chi connectivity index (χ1n) is 4.23. The van der Waals surface area contributed by atoms with Crippen molar-refractivity contribution in [2.45, 2.75) is 6.92 Å². The summed E-state index contributed by atoms with van der Waals surface area (Å²) in [5.74, 6) is -0.886. The molecule has 0 atom stereocenters. The maximum atomic E-state index is 13.7. The molecule has 0 aliphatic rings. The van der Waals surface area contributed by atoms with E-state index < -0.39 is 5.82 Å². The normalized spacial score (nSPS) is 9.87. The lowest BCUT2D eigenvalue weighted by Gasteiger charge is -2.14. The summed E-state index contributed by atoms with van der Waals surface area (Å²) in [5, 5.41) is 0. The molecule has 0 bridgehead atoms. The van der Waals surface area contributed by atoms with Crippen molar-refractivity contribution in [1.82, 2.24) is 0 Å². The van der Waals surface area contributed by atoms with E-state index in [1.165, 1.54) is 14.2 Å². The lowest BCUT2D eigenvalue weighted by molar-refractivity contribution is 0.112.